The molecule has 170 valence electrons. The quantitative estimate of drug-likeness (QED) is 0.706. The van der Waals surface area contributed by atoms with E-state index in [0.29, 0.717) is 20.0 Å². The zero-order valence-electron chi connectivity index (χ0n) is 17.3. The minimum absolute atomic E-state index is 0.146. The van der Waals surface area contributed by atoms with Crippen LogP contribution in [-0.2, 0) is 15.6 Å². The van der Waals surface area contributed by atoms with E-state index in [1.54, 1.807) is 19.9 Å². The van der Waals surface area contributed by atoms with Gasteiger partial charge in [-0.2, -0.15) is 17.5 Å². The van der Waals surface area contributed by atoms with Crippen molar-refractivity contribution in [3.63, 3.8) is 0 Å². The second-order valence-electron chi connectivity index (χ2n) is 7.94. The Hall–Kier alpha value is -2.17. The van der Waals surface area contributed by atoms with Crippen molar-refractivity contribution in [1.82, 2.24) is 4.31 Å². The number of hydrogen-bond donors (Lipinski definition) is 1. The lowest BCUT2D eigenvalue weighted by Crippen LogP contribution is -2.54. The van der Waals surface area contributed by atoms with Crippen LogP contribution in [0.4, 0.5) is 23.2 Å². The van der Waals surface area contributed by atoms with Gasteiger partial charge in [-0.3, -0.25) is 0 Å². The fraction of sp³-hybridized carbons (Fsp3) is 0.429. The Morgan fingerprint density at radius 2 is 1.68 bits per heavy atom. The molecule has 2 atom stereocenters. The molecule has 0 amide bonds. The van der Waals surface area contributed by atoms with Gasteiger partial charge in [0, 0.05) is 31.4 Å². The molecule has 1 N–H and O–H groups in total. The summed E-state index contributed by atoms with van der Waals surface area (Å²) in [4.78, 5) is 1.84. The SMILES string of the molecule is Cc1cc(F)ccc1N1CCN(S(=O)(=O)c2ccc(C(C)(O)C(F)(F)F)cc2)[C@H](C)C1. The molecule has 2 aromatic rings. The number of aliphatic hydroxyl groups is 1. The molecule has 0 aromatic heterocycles. The first-order valence-corrected chi connectivity index (χ1v) is 11.1. The lowest BCUT2D eigenvalue weighted by molar-refractivity contribution is -0.258. The van der Waals surface area contributed by atoms with Crippen molar-refractivity contribution in [3.8, 4) is 0 Å². The molecule has 1 heterocycles. The van der Waals surface area contributed by atoms with E-state index in [1.165, 1.54) is 16.4 Å². The third-order valence-corrected chi connectivity index (χ3v) is 7.67. The fourth-order valence-electron chi connectivity index (χ4n) is 3.74. The summed E-state index contributed by atoms with van der Waals surface area (Å²) < 4.78 is 79.9. The maximum atomic E-state index is 13.4. The van der Waals surface area contributed by atoms with Crippen LogP contribution < -0.4 is 4.90 Å². The summed E-state index contributed by atoms with van der Waals surface area (Å²) >= 11 is 0. The van der Waals surface area contributed by atoms with Crippen molar-refractivity contribution in [2.24, 2.45) is 0 Å². The van der Waals surface area contributed by atoms with Gasteiger partial charge in [-0.1, -0.05) is 12.1 Å². The van der Waals surface area contributed by atoms with Crippen LogP contribution in [0.15, 0.2) is 47.4 Å². The van der Waals surface area contributed by atoms with Gasteiger partial charge in [0.15, 0.2) is 5.60 Å². The summed E-state index contributed by atoms with van der Waals surface area (Å²) in [6, 6.07) is 8.12. The van der Waals surface area contributed by atoms with Crippen LogP contribution in [0.2, 0.25) is 0 Å². The van der Waals surface area contributed by atoms with E-state index in [2.05, 4.69) is 0 Å². The maximum absolute atomic E-state index is 13.4. The van der Waals surface area contributed by atoms with Gasteiger partial charge in [-0.25, -0.2) is 12.8 Å². The smallest absolute Gasteiger partial charge is 0.376 e. The third kappa shape index (κ3) is 4.42. The summed E-state index contributed by atoms with van der Waals surface area (Å²) in [5.74, 6) is -0.344. The monoisotopic (exact) mass is 460 g/mol. The van der Waals surface area contributed by atoms with E-state index in [0.717, 1.165) is 35.5 Å². The highest BCUT2D eigenvalue weighted by Crippen LogP contribution is 2.39. The summed E-state index contributed by atoms with van der Waals surface area (Å²) in [5.41, 5.74) is -1.95. The number of sulfonamides is 1. The highest BCUT2D eigenvalue weighted by molar-refractivity contribution is 7.89. The van der Waals surface area contributed by atoms with E-state index >= 15 is 0 Å². The van der Waals surface area contributed by atoms with Gasteiger partial charge < -0.3 is 10.0 Å². The van der Waals surface area contributed by atoms with Gasteiger partial charge in [-0.15, -0.1) is 0 Å². The first-order chi connectivity index (χ1) is 14.2. The molecule has 0 saturated carbocycles. The maximum Gasteiger partial charge on any atom is 0.421 e. The minimum atomic E-state index is -4.89. The molecule has 1 aliphatic heterocycles. The Morgan fingerprint density at radius 1 is 1.06 bits per heavy atom. The van der Waals surface area contributed by atoms with Crippen LogP contribution in [-0.4, -0.2) is 49.7 Å². The average Bonchev–Trinajstić information content (AvgIpc) is 2.67. The zero-order valence-corrected chi connectivity index (χ0v) is 18.1. The van der Waals surface area contributed by atoms with Crippen LogP contribution >= 0.6 is 0 Å². The van der Waals surface area contributed by atoms with Crippen molar-refractivity contribution >= 4 is 15.7 Å². The molecule has 1 unspecified atom stereocenters. The fourth-order valence-corrected chi connectivity index (χ4v) is 5.35. The Labute approximate surface area is 179 Å². The summed E-state index contributed by atoms with van der Waals surface area (Å²) in [7, 11) is -3.95. The summed E-state index contributed by atoms with van der Waals surface area (Å²) in [5, 5.41) is 9.77. The van der Waals surface area contributed by atoms with Gasteiger partial charge in [0.25, 0.3) is 0 Å². The molecule has 2 aromatic carbocycles. The van der Waals surface area contributed by atoms with Crippen LogP contribution in [0.3, 0.4) is 0 Å². The zero-order chi connectivity index (χ0) is 23.2. The van der Waals surface area contributed by atoms with Gasteiger partial charge in [0.05, 0.1) is 4.90 Å². The molecule has 5 nitrogen and oxygen atoms in total. The van der Waals surface area contributed by atoms with Crippen molar-refractivity contribution in [2.45, 2.75) is 43.5 Å². The lowest BCUT2D eigenvalue weighted by atomic mass is 9.96. The molecule has 0 spiro atoms. The molecule has 3 rings (SSSR count). The van der Waals surface area contributed by atoms with E-state index in [-0.39, 0.29) is 17.3 Å². The molecule has 0 aliphatic carbocycles. The van der Waals surface area contributed by atoms with Gasteiger partial charge in [0.2, 0.25) is 10.0 Å². The number of anilines is 1. The van der Waals surface area contributed by atoms with Crippen LogP contribution in [0.25, 0.3) is 0 Å². The van der Waals surface area contributed by atoms with E-state index in [1.807, 2.05) is 4.90 Å². The summed E-state index contributed by atoms with van der Waals surface area (Å²) in [6.07, 6.45) is -4.89. The van der Waals surface area contributed by atoms with Crippen molar-refractivity contribution < 1.29 is 31.1 Å². The molecular weight excluding hydrogens is 436 g/mol. The molecule has 1 fully saturated rings. The number of halogens is 4. The average molecular weight is 460 g/mol. The van der Waals surface area contributed by atoms with Crippen molar-refractivity contribution in [2.75, 3.05) is 24.5 Å². The van der Waals surface area contributed by atoms with Crippen LogP contribution in [0.1, 0.15) is 25.0 Å². The predicted octanol–water partition coefficient (Wildman–Crippen LogP) is 3.80. The number of hydrogen-bond acceptors (Lipinski definition) is 4. The molecule has 0 bridgehead atoms. The number of rotatable bonds is 4. The second kappa shape index (κ2) is 8.07. The lowest BCUT2D eigenvalue weighted by Gasteiger charge is -2.40. The van der Waals surface area contributed by atoms with Gasteiger partial charge in [-0.05, 0) is 62.2 Å². The van der Waals surface area contributed by atoms with Gasteiger partial charge >= 0.3 is 6.18 Å². The third-order valence-electron chi connectivity index (χ3n) is 5.64. The Bertz CT molecular complexity index is 1050. The highest BCUT2D eigenvalue weighted by Gasteiger charge is 2.51. The predicted molar refractivity (Wildman–Crippen MR) is 109 cm³/mol. The highest BCUT2D eigenvalue weighted by atomic mass is 32.2. The molecule has 1 saturated heterocycles. The number of piperazine rings is 1. The molecule has 0 radical (unpaired) electrons. The van der Waals surface area contributed by atoms with E-state index in [9.17, 15) is 31.1 Å². The first-order valence-electron chi connectivity index (χ1n) is 9.68. The topological polar surface area (TPSA) is 60.9 Å². The number of benzene rings is 2. The normalized spacial score (nSPS) is 20.5. The number of aryl methyl sites for hydroxylation is 1. The van der Waals surface area contributed by atoms with E-state index in [4.69, 9.17) is 0 Å². The Kier molecular flexibility index (Phi) is 6.11. The largest absolute Gasteiger partial charge is 0.421 e. The minimum Gasteiger partial charge on any atom is -0.376 e. The Morgan fingerprint density at radius 3 is 2.19 bits per heavy atom. The number of nitrogens with zero attached hydrogens (tertiary/aromatic N) is 2. The van der Waals surface area contributed by atoms with Crippen molar-refractivity contribution in [1.29, 1.82) is 0 Å². The molecule has 1 aliphatic rings. The second-order valence-corrected chi connectivity index (χ2v) is 9.83. The molecular formula is C21H24F4N2O3S. The molecule has 31 heavy (non-hydrogen) atoms. The molecule has 10 heteroatoms. The Balaban J connectivity index is 1.80. The van der Waals surface area contributed by atoms with Gasteiger partial charge in [0.1, 0.15) is 5.82 Å². The first kappa shape index (κ1) is 23.5. The van der Waals surface area contributed by atoms with E-state index < -0.39 is 33.4 Å². The van der Waals surface area contributed by atoms with Crippen molar-refractivity contribution in [3.05, 3.63) is 59.4 Å². The van der Waals surface area contributed by atoms with Crippen LogP contribution in [0, 0.1) is 12.7 Å². The standard InChI is InChI=1S/C21H24F4N2O3S/c1-14-12-17(22)6-9-19(14)26-10-11-27(15(2)13-26)31(29,30)18-7-4-16(5-8-18)20(3,28)21(23,24)25/h4-9,12,15,28H,10-11,13H2,1-3H3/t15-,20?/m1/s1. The summed E-state index contributed by atoms with van der Waals surface area (Å²) in [6.45, 7) is 5.08. The van der Waals surface area contributed by atoms with Crippen LogP contribution in [0.5, 0.6) is 0 Å². The number of alkyl halides is 3.